The average molecular weight is 746 g/mol. The Morgan fingerprint density at radius 1 is 0.855 bits per heavy atom. The normalized spacial score (nSPS) is 20.6. The number of ether oxygens (including phenoxy) is 2. The van der Waals surface area contributed by atoms with Gasteiger partial charge in [0.05, 0.1) is 23.6 Å². The second kappa shape index (κ2) is 15.9. The van der Waals surface area contributed by atoms with Gasteiger partial charge in [-0.15, -0.1) is 10.2 Å². The summed E-state index contributed by atoms with van der Waals surface area (Å²) in [6.07, 6.45) is 10.7. The summed E-state index contributed by atoms with van der Waals surface area (Å²) in [5, 5.41) is 20.4. The Kier molecular flexibility index (Phi) is 10.7. The topological polar surface area (TPSA) is 114 Å². The number of pyridine rings is 1. The van der Waals surface area contributed by atoms with E-state index in [9.17, 15) is 4.79 Å². The van der Waals surface area contributed by atoms with Crippen molar-refractivity contribution >= 4 is 23.4 Å². The number of carbonyl (C=O) groups excluding carboxylic acids is 1. The van der Waals surface area contributed by atoms with Crippen LogP contribution in [0.2, 0.25) is 0 Å². The number of hydrogen-bond acceptors (Lipinski definition) is 8. The van der Waals surface area contributed by atoms with Crippen LogP contribution < -0.4 is 25.0 Å². The van der Waals surface area contributed by atoms with Gasteiger partial charge in [0.1, 0.15) is 30.0 Å². The van der Waals surface area contributed by atoms with E-state index in [1.807, 2.05) is 60.8 Å². The molecule has 2 aliphatic heterocycles. The van der Waals surface area contributed by atoms with Crippen molar-refractivity contribution in [2.75, 3.05) is 43.0 Å². The lowest BCUT2D eigenvalue weighted by atomic mass is 9.85. The second-order valence-electron chi connectivity index (χ2n) is 16.4. The van der Waals surface area contributed by atoms with E-state index in [0.717, 1.165) is 97.5 Å². The first-order chi connectivity index (χ1) is 26.7. The van der Waals surface area contributed by atoms with Gasteiger partial charge in [-0.25, -0.2) is 9.48 Å². The van der Waals surface area contributed by atoms with Crippen molar-refractivity contribution in [3.63, 3.8) is 0 Å². The molecule has 2 N–H and O–H groups in total. The molecule has 0 bridgehead atoms. The van der Waals surface area contributed by atoms with Crippen LogP contribution in [0.3, 0.4) is 0 Å². The molecule has 2 saturated heterocycles. The van der Waals surface area contributed by atoms with Gasteiger partial charge in [-0.1, -0.05) is 57.5 Å². The molecule has 0 spiro atoms. The SMILES string of the molecule is CC1CCCCN1c1nnc2ccc(O[C@@H]3CC[C@H](NC(=O)Nc4cc(C(C)(C)C)nn4-c4cccc(OCCN5CCCCC5)c4)c4ccccc43)cn12. The molecule has 3 aromatic heterocycles. The average Bonchev–Trinajstić information content (AvgIpc) is 3.81. The fourth-order valence-electron chi connectivity index (χ4n) is 8.23. The van der Waals surface area contributed by atoms with Crippen LogP contribution in [0.1, 0.15) is 108 Å². The third kappa shape index (κ3) is 8.29. The number of nitrogens with one attached hydrogen (secondary N) is 2. The highest BCUT2D eigenvalue weighted by Crippen LogP contribution is 2.39. The molecule has 2 aromatic carbocycles. The molecule has 290 valence electrons. The van der Waals surface area contributed by atoms with Crippen molar-refractivity contribution in [2.45, 2.75) is 103 Å². The molecule has 2 amide bonds. The fraction of sp³-hybridized carbons (Fsp3) is 0.488. The number of piperidine rings is 2. The van der Waals surface area contributed by atoms with Gasteiger partial charge in [-0.05, 0) is 100 Å². The van der Waals surface area contributed by atoms with Gasteiger partial charge < -0.3 is 19.7 Å². The van der Waals surface area contributed by atoms with Crippen molar-refractivity contribution in [1.29, 1.82) is 0 Å². The molecule has 0 saturated carbocycles. The van der Waals surface area contributed by atoms with Crippen LogP contribution in [0.5, 0.6) is 11.5 Å². The highest BCUT2D eigenvalue weighted by atomic mass is 16.5. The molecule has 5 aromatic rings. The number of fused-ring (bicyclic) bond motifs is 2. The number of rotatable bonds is 10. The van der Waals surface area contributed by atoms with Gasteiger partial charge in [0.15, 0.2) is 5.65 Å². The zero-order chi connectivity index (χ0) is 37.9. The molecule has 1 aliphatic carbocycles. The number of nitrogens with zero attached hydrogens (tertiary/aromatic N) is 7. The summed E-state index contributed by atoms with van der Waals surface area (Å²) in [6.45, 7) is 13.5. The summed E-state index contributed by atoms with van der Waals surface area (Å²) in [6, 6.07) is 22.1. The zero-order valence-electron chi connectivity index (χ0n) is 32.7. The summed E-state index contributed by atoms with van der Waals surface area (Å²) in [5.74, 6) is 3.02. The van der Waals surface area contributed by atoms with Gasteiger partial charge in [-0.3, -0.25) is 14.6 Å². The molecule has 3 aliphatic rings. The van der Waals surface area contributed by atoms with Crippen LogP contribution in [0.4, 0.5) is 16.6 Å². The lowest BCUT2D eigenvalue weighted by molar-refractivity contribution is 0.171. The summed E-state index contributed by atoms with van der Waals surface area (Å²) in [7, 11) is 0. The Bertz CT molecular complexity index is 2100. The molecular formula is C43H55N9O3. The molecule has 2 fully saturated rings. The molecule has 55 heavy (non-hydrogen) atoms. The lowest BCUT2D eigenvalue weighted by Crippen LogP contribution is -2.38. The van der Waals surface area contributed by atoms with Crippen molar-refractivity contribution in [1.82, 2.24) is 34.6 Å². The molecule has 0 radical (unpaired) electrons. The maximum absolute atomic E-state index is 13.8. The van der Waals surface area contributed by atoms with E-state index in [-0.39, 0.29) is 23.6 Å². The van der Waals surface area contributed by atoms with Gasteiger partial charge in [-0.2, -0.15) is 5.10 Å². The first kappa shape index (κ1) is 36.9. The summed E-state index contributed by atoms with van der Waals surface area (Å²) in [5.41, 5.74) is 4.42. The molecular weight excluding hydrogens is 691 g/mol. The van der Waals surface area contributed by atoms with E-state index in [4.69, 9.17) is 14.6 Å². The minimum Gasteiger partial charge on any atom is -0.492 e. The molecule has 12 heteroatoms. The molecule has 3 atom stereocenters. The molecule has 8 rings (SSSR count). The Morgan fingerprint density at radius 3 is 2.49 bits per heavy atom. The zero-order valence-corrected chi connectivity index (χ0v) is 32.7. The fourth-order valence-corrected chi connectivity index (χ4v) is 8.23. The predicted molar refractivity (Wildman–Crippen MR) is 216 cm³/mol. The summed E-state index contributed by atoms with van der Waals surface area (Å²) in [4.78, 5) is 18.6. The van der Waals surface area contributed by atoms with E-state index in [0.29, 0.717) is 18.5 Å². The number of hydrogen-bond donors (Lipinski definition) is 2. The van der Waals surface area contributed by atoms with E-state index in [1.54, 1.807) is 4.68 Å². The molecule has 5 heterocycles. The smallest absolute Gasteiger partial charge is 0.320 e. The standard InChI is InChI=1S/C43H55N9O3/c1-30-13-8-11-24-50(30)42-47-46-39-21-18-33(29-51(39)42)55-37-20-19-36(34-16-6-7-17-35(34)37)44-41(53)45-40-28-38(43(2,3)4)48-52(40)31-14-12-15-32(27-31)54-26-25-49-22-9-5-10-23-49/h6-7,12,14-18,21,27-30,36-37H,5,8-11,13,19-20,22-26H2,1-4H3,(H2,44,45,53)/t30?,36-,37+/m0/s1. The van der Waals surface area contributed by atoms with Crippen LogP contribution in [0.15, 0.2) is 72.9 Å². The Morgan fingerprint density at radius 2 is 1.67 bits per heavy atom. The van der Waals surface area contributed by atoms with E-state index in [2.05, 4.69) is 74.9 Å². The van der Waals surface area contributed by atoms with E-state index in [1.165, 1.54) is 25.7 Å². The van der Waals surface area contributed by atoms with Crippen LogP contribution in [-0.4, -0.2) is 74.1 Å². The number of likely N-dealkylation sites (tertiary alicyclic amines) is 1. The van der Waals surface area contributed by atoms with Crippen LogP contribution >= 0.6 is 0 Å². The molecule has 12 nitrogen and oxygen atoms in total. The Hall–Kier alpha value is -5.10. The van der Waals surface area contributed by atoms with Crippen molar-refractivity contribution < 1.29 is 14.3 Å². The number of amides is 2. The minimum absolute atomic E-state index is 0.159. The van der Waals surface area contributed by atoms with Gasteiger partial charge in [0, 0.05) is 36.7 Å². The highest BCUT2D eigenvalue weighted by Gasteiger charge is 2.31. The quantitative estimate of drug-likeness (QED) is 0.147. The summed E-state index contributed by atoms with van der Waals surface area (Å²) >= 11 is 0. The first-order valence-electron chi connectivity index (χ1n) is 20.2. The van der Waals surface area contributed by atoms with Crippen molar-refractivity contribution in [2.24, 2.45) is 0 Å². The van der Waals surface area contributed by atoms with Gasteiger partial charge in [0.2, 0.25) is 5.95 Å². The third-order valence-electron chi connectivity index (χ3n) is 11.3. The maximum atomic E-state index is 13.8. The Labute approximate surface area is 324 Å². The van der Waals surface area contributed by atoms with Crippen LogP contribution in [0.25, 0.3) is 11.3 Å². The van der Waals surface area contributed by atoms with Gasteiger partial charge >= 0.3 is 6.03 Å². The number of carbonyl (C=O) groups is 1. The van der Waals surface area contributed by atoms with Crippen LogP contribution in [-0.2, 0) is 5.41 Å². The minimum atomic E-state index is -0.285. The number of benzene rings is 2. The monoisotopic (exact) mass is 745 g/mol. The Balaban J connectivity index is 0.961. The predicted octanol–water partition coefficient (Wildman–Crippen LogP) is 8.23. The largest absolute Gasteiger partial charge is 0.492 e. The van der Waals surface area contributed by atoms with E-state index >= 15 is 0 Å². The van der Waals surface area contributed by atoms with Crippen molar-refractivity contribution in [3.8, 4) is 17.2 Å². The number of aromatic nitrogens is 5. The van der Waals surface area contributed by atoms with Crippen LogP contribution in [0, 0.1) is 0 Å². The van der Waals surface area contributed by atoms with Gasteiger partial charge in [0.25, 0.3) is 0 Å². The lowest BCUT2D eigenvalue weighted by Gasteiger charge is -2.33. The third-order valence-corrected chi connectivity index (χ3v) is 11.3. The highest BCUT2D eigenvalue weighted by molar-refractivity contribution is 5.89. The first-order valence-corrected chi connectivity index (χ1v) is 20.2. The van der Waals surface area contributed by atoms with Crippen molar-refractivity contribution in [3.05, 3.63) is 89.7 Å². The molecule has 1 unspecified atom stereocenters. The summed E-state index contributed by atoms with van der Waals surface area (Å²) < 4.78 is 16.7. The maximum Gasteiger partial charge on any atom is 0.320 e. The number of anilines is 2. The number of urea groups is 1. The van der Waals surface area contributed by atoms with E-state index < -0.39 is 0 Å². The second-order valence-corrected chi connectivity index (χ2v) is 16.4.